The molecule has 0 unspecified atom stereocenters. The number of amides is 1. The molecule has 6 heteroatoms. The van der Waals surface area contributed by atoms with E-state index >= 15 is 0 Å². The van der Waals surface area contributed by atoms with Gasteiger partial charge in [-0.15, -0.1) is 0 Å². The maximum Gasteiger partial charge on any atom is 0.410 e. The smallest absolute Gasteiger partial charge is 0.410 e. The first kappa shape index (κ1) is 15.3. The Hall–Kier alpha value is -1.56. The van der Waals surface area contributed by atoms with Crippen molar-refractivity contribution in [1.29, 1.82) is 0 Å². The van der Waals surface area contributed by atoms with Crippen LogP contribution in [0.4, 0.5) is 4.79 Å². The van der Waals surface area contributed by atoms with Crippen molar-refractivity contribution in [3.05, 3.63) is 18.0 Å². The highest BCUT2D eigenvalue weighted by Gasteiger charge is 2.33. The highest BCUT2D eigenvalue weighted by molar-refractivity contribution is 5.68. The van der Waals surface area contributed by atoms with Gasteiger partial charge in [-0.3, -0.25) is 4.68 Å². The molecule has 1 saturated carbocycles. The van der Waals surface area contributed by atoms with Crippen LogP contribution in [-0.4, -0.2) is 45.6 Å². The summed E-state index contributed by atoms with van der Waals surface area (Å²) >= 11 is 0. The van der Waals surface area contributed by atoms with Gasteiger partial charge in [-0.1, -0.05) is 0 Å². The third-order valence-electron chi connectivity index (χ3n) is 3.83. The van der Waals surface area contributed by atoms with Gasteiger partial charge in [-0.05, 0) is 40.5 Å². The van der Waals surface area contributed by atoms with Gasteiger partial charge < -0.3 is 14.4 Å². The molecular weight excluding hydrogens is 282 g/mol. The second-order valence-electron chi connectivity index (χ2n) is 7.31. The van der Waals surface area contributed by atoms with Crippen molar-refractivity contribution in [2.75, 3.05) is 13.1 Å². The molecule has 0 radical (unpaired) electrons. The van der Waals surface area contributed by atoms with Crippen LogP contribution in [0.5, 0.6) is 0 Å². The molecule has 2 aliphatic rings. The van der Waals surface area contributed by atoms with Gasteiger partial charge in [0.2, 0.25) is 0 Å². The fourth-order valence-electron chi connectivity index (χ4n) is 2.67. The topological polar surface area (TPSA) is 56.6 Å². The number of morpholine rings is 1. The number of carbonyl (C=O) groups is 1. The molecule has 1 amide bonds. The van der Waals surface area contributed by atoms with Crippen molar-refractivity contribution in [1.82, 2.24) is 14.7 Å². The van der Waals surface area contributed by atoms with Crippen LogP contribution in [0.15, 0.2) is 12.4 Å². The van der Waals surface area contributed by atoms with Gasteiger partial charge >= 0.3 is 6.09 Å². The molecule has 1 aromatic rings. The van der Waals surface area contributed by atoms with Crippen LogP contribution in [-0.2, 0) is 9.47 Å². The van der Waals surface area contributed by atoms with Crippen LogP contribution >= 0.6 is 0 Å². The predicted molar refractivity (Wildman–Crippen MR) is 81.6 cm³/mol. The predicted octanol–water partition coefficient (Wildman–Crippen LogP) is 2.91. The molecule has 3 rings (SSSR count). The number of hydrogen-bond donors (Lipinski definition) is 0. The Kier molecular flexibility index (Phi) is 3.89. The Morgan fingerprint density at radius 1 is 1.36 bits per heavy atom. The minimum Gasteiger partial charge on any atom is -0.444 e. The molecule has 0 aromatic carbocycles. The first-order valence-corrected chi connectivity index (χ1v) is 7.99. The summed E-state index contributed by atoms with van der Waals surface area (Å²) in [5.41, 5.74) is 0.553. The van der Waals surface area contributed by atoms with Gasteiger partial charge in [0.25, 0.3) is 0 Å². The summed E-state index contributed by atoms with van der Waals surface area (Å²) in [6.07, 6.45) is 5.88. The third-order valence-corrected chi connectivity index (χ3v) is 3.83. The number of nitrogens with zero attached hydrogens (tertiary/aromatic N) is 3. The SMILES string of the molecule is C[C@@H]1CN(C(=O)OC(C)(C)C)C[C@H](c2cnn(C3CC3)c2)O1. The molecule has 1 aliphatic carbocycles. The minimum absolute atomic E-state index is 0.0180. The lowest BCUT2D eigenvalue weighted by Gasteiger charge is -2.37. The second kappa shape index (κ2) is 5.57. The van der Waals surface area contributed by atoms with E-state index in [0.717, 1.165) is 5.56 Å². The summed E-state index contributed by atoms with van der Waals surface area (Å²) < 4.78 is 13.5. The zero-order valence-electron chi connectivity index (χ0n) is 13.8. The average Bonchev–Trinajstić information content (AvgIpc) is 3.14. The number of hydrogen-bond acceptors (Lipinski definition) is 4. The van der Waals surface area contributed by atoms with E-state index in [2.05, 4.69) is 5.10 Å². The van der Waals surface area contributed by atoms with E-state index in [1.165, 1.54) is 12.8 Å². The zero-order valence-corrected chi connectivity index (χ0v) is 13.8. The van der Waals surface area contributed by atoms with Crippen molar-refractivity contribution in [2.45, 2.75) is 64.4 Å². The molecule has 2 fully saturated rings. The standard InChI is InChI=1S/C16H25N3O3/c1-11-8-18(15(20)22-16(2,3)4)10-14(21-11)12-7-17-19(9-12)13-5-6-13/h7,9,11,13-14H,5-6,8,10H2,1-4H3/t11-,14-/m1/s1. The zero-order chi connectivity index (χ0) is 15.9. The van der Waals surface area contributed by atoms with Crippen LogP contribution < -0.4 is 0 Å². The summed E-state index contributed by atoms with van der Waals surface area (Å²) in [6.45, 7) is 8.69. The summed E-state index contributed by atoms with van der Waals surface area (Å²) in [6, 6.07) is 0.553. The van der Waals surface area contributed by atoms with E-state index < -0.39 is 5.60 Å². The lowest BCUT2D eigenvalue weighted by atomic mass is 10.1. The van der Waals surface area contributed by atoms with Crippen LogP contribution in [0, 0.1) is 0 Å². The maximum absolute atomic E-state index is 12.3. The molecule has 1 saturated heterocycles. The largest absolute Gasteiger partial charge is 0.444 e. The Morgan fingerprint density at radius 2 is 2.09 bits per heavy atom. The summed E-state index contributed by atoms with van der Waals surface area (Å²) in [5.74, 6) is 0. The maximum atomic E-state index is 12.3. The molecular formula is C16H25N3O3. The molecule has 6 nitrogen and oxygen atoms in total. The Bertz CT molecular complexity index is 545. The third kappa shape index (κ3) is 3.61. The van der Waals surface area contributed by atoms with Gasteiger partial charge in [-0.25, -0.2) is 4.79 Å². The van der Waals surface area contributed by atoms with Gasteiger partial charge in [0, 0.05) is 11.8 Å². The van der Waals surface area contributed by atoms with E-state index in [1.54, 1.807) is 4.90 Å². The van der Waals surface area contributed by atoms with Crippen LogP contribution in [0.2, 0.25) is 0 Å². The number of ether oxygens (including phenoxy) is 2. The average molecular weight is 307 g/mol. The Balaban J connectivity index is 1.68. The van der Waals surface area contributed by atoms with Gasteiger partial charge in [0.15, 0.2) is 0 Å². The molecule has 2 heterocycles. The molecule has 1 aliphatic heterocycles. The van der Waals surface area contributed by atoms with Gasteiger partial charge in [0.1, 0.15) is 11.7 Å². The fraction of sp³-hybridized carbons (Fsp3) is 0.750. The van der Waals surface area contributed by atoms with Crippen molar-refractivity contribution < 1.29 is 14.3 Å². The van der Waals surface area contributed by atoms with Crippen LogP contribution in [0.25, 0.3) is 0 Å². The monoisotopic (exact) mass is 307 g/mol. The van der Waals surface area contributed by atoms with Crippen molar-refractivity contribution in [2.24, 2.45) is 0 Å². The first-order chi connectivity index (χ1) is 10.3. The highest BCUT2D eigenvalue weighted by atomic mass is 16.6. The lowest BCUT2D eigenvalue weighted by molar-refractivity contribution is -0.0816. The number of carbonyl (C=O) groups excluding carboxylic acids is 1. The van der Waals surface area contributed by atoms with Crippen LogP contribution in [0.3, 0.4) is 0 Å². The minimum atomic E-state index is -0.481. The lowest BCUT2D eigenvalue weighted by Crippen LogP contribution is -2.47. The van der Waals surface area contributed by atoms with Crippen LogP contribution in [0.1, 0.15) is 58.2 Å². The van der Waals surface area contributed by atoms with Gasteiger partial charge in [-0.2, -0.15) is 5.10 Å². The molecule has 0 N–H and O–H groups in total. The highest BCUT2D eigenvalue weighted by Crippen LogP contribution is 2.35. The number of aromatic nitrogens is 2. The van der Waals surface area contributed by atoms with Crippen molar-refractivity contribution in [3.8, 4) is 0 Å². The second-order valence-corrected chi connectivity index (χ2v) is 7.31. The van der Waals surface area contributed by atoms with Crippen molar-refractivity contribution in [3.63, 3.8) is 0 Å². The molecule has 22 heavy (non-hydrogen) atoms. The summed E-state index contributed by atoms with van der Waals surface area (Å²) in [5, 5.41) is 4.41. The fourth-order valence-corrected chi connectivity index (χ4v) is 2.67. The molecule has 0 spiro atoms. The van der Waals surface area contributed by atoms with E-state index in [9.17, 15) is 4.79 Å². The quantitative estimate of drug-likeness (QED) is 0.843. The van der Waals surface area contributed by atoms with E-state index in [1.807, 2.05) is 44.8 Å². The first-order valence-electron chi connectivity index (χ1n) is 7.99. The Morgan fingerprint density at radius 3 is 2.73 bits per heavy atom. The number of rotatable bonds is 2. The summed E-state index contributed by atoms with van der Waals surface area (Å²) in [4.78, 5) is 14.0. The molecule has 0 bridgehead atoms. The van der Waals surface area contributed by atoms with E-state index in [-0.39, 0.29) is 18.3 Å². The molecule has 122 valence electrons. The van der Waals surface area contributed by atoms with Gasteiger partial charge in [0.05, 0.1) is 31.4 Å². The van der Waals surface area contributed by atoms with E-state index in [4.69, 9.17) is 9.47 Å². The summed E-state index contributed by atoms with van der Waals surface area (Å²) in [7, 11) is 0. The molecule has 1 aromatic heterocycles. The Labute approximate surface area is 131 Å². The normalized spacial score (nSPS) is 26.1. The molecule has 2 atom stereocenters. The van der Waals surface area contributed by atoms with E-state index in [0.29, 0.717) is 19.1 Å². The van der Waals surface area contributed by atoms with Crippen molar-refractivity contribution >= 4 is 6.09 Å².